The molecule has 1 aliphatic heterocycles. The number of fused-ring (bicyclic) bond motifs is 1. The molecule has 0 amide bonds. The third kappa shape index (κ3) is 2.12. The van der Waals surface area contributed by atoms with Gasteiger partial charge in [0.15, 0.2) is 0 Å². The van der Waals surface area contributed by atoms with Gasteiger partial charge in [-0.25, -0.2) is 0 Å². The Labute approximate surface area is 120 Å². The smallest absolute Gasteiger partial charge is 0.290 e. The molecule has 2 aromatic rings. The molecular formula is C16H19N2OP. The zero-order valence-electron chi connectivity index (χ0n) is 11.6. The van der Waals surface area contributed by atoms with Gasteiger partial charge in [0.1, 0.15) is 0 Å². The van der Waals surface area contributed by atoms with Crippen molar-refractivity contribution in [2.75, 3.05) is 16.3 Å². The molecule has 20 heavy (non-hydrogen) atoms. The molecule has 0 saturated heterocycles. The third-order valence-corrected chi connectivity index (χ3v) is 6.26. The average molecular weight is 286 g/mol. The van der Waals surface area contributed by atoms with Crippen molar-refractivity contribution >= 4 is 24.1 Å². The second-order valence-corrected chi connectivity index (χ2v) is 7.39. The fourth-order valence-electron chi connectivity index (χ4n) is 2.57. The van der Waals surface area contributed by atoms with Crippen LogP contribution in [0, 0.1) is 0 Å². The van der Waals surface area contributed by atoms with Gasteiger partial charge in [0, 0.05) is 6.54 Å². The minimum atomic E-state index is -2.76. The zero-order chi connectivity index (χ0) is 14.0. The summed E-state index contributed by atoms with van der Waals surface area (Å²) in [6.45, 7) is 2.97. The first kappa shape index (κ1) is 13.3. The summed E-state index contributed by atoms with van der Waals surface area (Å²) in [5, 5.41) is 4.14. The van der Waals surface area contributed by atoms with Gasteiger partial charge in [-0.3, -0.25) is 4.57 Å². The summed E-state index contributed by atoms with van der Waals surface area (Å²) in [7, 11) is -2.76. The summed E-state index contributed by atoms with van der Waals surface area (Å²) in [6, 6.07) is 17.7. The molecule has 3 rings (SSSR count). The summed E-state index contributed by atoms with van der Waals surface area (Å²) in [4.78, 5) is 0. The van der Waals surface area contributed by atoms with Crippen molar-refractivity contribution in [2.24, 2.45) is 0 Å². The number of anilines is 2. The summed E-state index contributed by atoms with van der Waals surface area (Å²) in [5.74, 6) is 0. The van der Waals surface area contributed by atoms with Gasteiger partial charge in [-0.2, -0.15) is 0 Å². The zero-order valence-corrected chi connectivity index (χ0v) is 12.5. The molecule has 1 atom stereocenters. The maximum atomic E-state index is 13.5. The number of nitrogens with zero attached hydrogens (tertiary/aromatic N) is 1. The Hall–Kier alpha value is -1.73. The Morgan fingerprint density at radius 1 is 1.05 bits per heavy atom. The molecule has 0 fully saturated rings. The second kappa shape index (κ2) is 5.34. The summed E-state index contributed by atoms with van der Waals surface area (Å²) in [5.41, 5.74) is 2.02. The standard InChI is InChI=1S/C16H19N2OP/c1-2-3-13-18-16-12-8-7-11-15(16)17-20(18,19)14-9-5-4-6-10-14/h4-12H,2-3,13H2,1H3,(H,17,19)/t20-/m1/s1. The molecule has 1 heterocycles. The van der Waals surface area contributed by atoms with E-state index < -0.39 is 7.44 Å². The summed E-state index contributed by atoms with van der Waals surface area (Å²) >= 11 is 0. The summed E-state index contributed by atoms with van der Waals surface area (Å²) < 4.78 is 15.6. The van der Waals surface area contributed by atoms with Gasteiger partial charge in [-0.15, -0.1) is 0 Å². The van der Waals surface area contributed by atoms with Crippen LogP contribution in [0.2, 0.25) is 0 Å². The third-order valence-electron chi connectivity index (χ3n) is 3.62. The highest BCUT2D eigenvalue weighted by molar-refractivity contribution is 7.75. The van der Waals surface area contributed by atoms with Gasteiger partial charge in [0.2, 0.25) is 0 Å². The van der Waals surface area contributed by atoms with Crippen LogP contribution in [0.1, 0.15) is 19.8 Å². The molecule has 0 spiro atoms. The van der Waals surface area contributed by atoms with Crippen LogP contribution in [0.4, 0.5) is 11.4 Å². The Morgan fingerprint density at radius 3 is 2.50 bits per heavy atom. The Morgan fingerprint density at radius 2 is 1.75 bits per heavy atom. The van der Waals surface area contributed by atoms with E-state index >= 15 is 0 Å². The second-order valence-electron chi connectivity index (χ2n) is 5.02. The molecule has 0 saturated carbocycles. The predicted octanol–water partition coefficient (Wildman–Crippen LogP) is 4.24. The van der Waals surface area contributed by atoms with Crippen LogP contribution in [0.15, 0.2) is 54.6 Å². The largest absolute Gasteiger partial charge is 0.315 e. The van der Waals surface area contributed by atoms with Gasteiger partial charge in [0.25, 0.3) is 7.44 Å². The van der Waals surface area contributed by atoms with Crippen LogP contribution in [0.3, 0.4) is 0 Å². The molecule has 1 aliphatic rings. The molecule has 0 aliphatic carbocycles. The van der Waals surface area contributed by atoms with Gasteiger partial charge >= 0.3 is 0 Å². The predicted molar refractivity (Wildman–Crippen MR) is 86.0 cm³/mol. The minimum absolute atomic E-state index is 0.812. The molecule has 4 heteroatoms. The highest BCUT2D eigenvalue weighted by atomic mass is 31.2. The first-order valence-electron chi connectivity index (χ1n) is 7.06. The van der Waals surface area contributed by atoms with Gasteiger partial charge in [-0.05, 0) is 30.7 Å². The normalized spacial score (nSPS) is 20.6. The highest BCUT2D eigenvalue weighted by Gasteiger charge is 2.39. The maximum absolute atomic E-state index is 13.5. The van der Waals surface area contributed by atoms with Crippen molar-refractivity contribution in [2.45, 2.75) is 19.8 Å². The van der Waals surface area contributed by atoms with E-state index in [-0.39, 0.29) is 0 Å². The lowest BCUT2D eigenvalue weighted by Crippen LogP contribution is -2.25. The molecular weight excluding hydrogens is 267 g/mol. The molecule has 3 nitrogen and oxygen atoms in total. The van der Waals surface area contributed by atoms with Gasteiger partial charge in [0.05, 0.1) is 16.7 Å². The van der Waals surface area contributed by atoms with Gasteiger partial charge in [-0.1, -0.05) is 43.7 Å². The monoisotopic (exact) mass is 286 g/mol. The van der Waals surface area contributed by atoms with Crippen molar-refractivity contribution in [1.82, 2.24) is 0 Å². The van der Waals surface area contributed by atoms with E-state index in [1.807, 2.05) is 54.6 Å². The lowest BCUT2D eigenvalue weighted by molar-refractivity contribution is 0.581. The van der Waals surface area contributed by atoms with E-state index in [1.54, 1.807) is 0 Å². The van der Waals surface area contributed by atoms with Crippen molar-refractivity contribution in [3.63, 3.8) is 0 Å². The lowest BCUT2D eigenvalue weighted by Gasteiger charge is -2.26. The molecule has 1 N–H and O–H groups in total. The van der Waals surface area contributed by atoms with Gasteiger partial charge < -0.3 is 9.76 Å². The number of hydrogen-bond acceptors (Lipinski definition) is 1. The first-order valence-corrected chi connectivity index (χ1v) is 8.72. The number of unbranched alkanes of at least 4 members (excludes halogenated alkanes) is 1. The molecule has 0 bridgehead atoms. The molecule has 2 aromatic carbocycles. The van der Waals surface area contributed by atoms with E-state index in [4.69, 9.17) is 0 Å². The highest BCUT2D eigenvalue weighted by Crippen LogP contribution is 2.58. The Balaban J connectivity index is 2.05. The minimum Gasteiger partial charge on any atom is -0.315 e. The van der Waals surface area contributed by atoms with E-state index in [1.165, 1.54) is 0 Å². The fraction of sp³-hybridized carbons (Fsp3) is 0.250. The average Bonchev–Trinajstić information content (AvgIpc) is 2.79. The van der Waals surface area contributed by atoms with E-state index in [2.05, 4.69) is 16.7 Å². The molecule has 0 unspecified atom stereocenters. The molecule has 104 valence electrons. The van der Waals surface area contributed by atoms with Crippen LogP contribution >= 0.6 is 7.44 Å². The topological polar surface area (TPSA) is 32.3 Å². The van der Waals surface area contributed by atoms with E-state index in [0.29, 0.717) is 0 Å². The number of benzene rings is 2. The van der Waals surface area contributed by atoms with Crippen molar-refractivity contribution in [3.8, 4) is 0 Å². The fourth-order valence-corrected chi connectivity index (χ4v) is 5.09. The summed E-state index contributed by atoms with van der Waals surface area (Å²) in [6.07, 6.45) is 2.13. The van der Waals surface area contributed by atoms with Crippen LogP contribution in [0.25, 0.3) is 0 Å². The molecule has 0 radical (unpaired) electrons. The first-order chi connectivity index (χ1) is 9.75. The Kier molecular flexibility index (Phi) is 3.54. The van der Waals surface area contributed by atoms with Crippen LogP contribution in [-0.2, 0) is 4.57 Å². The van der Waals surface area contributed by atoms with Crippen LogP contribution < -0.4 is 15.1 Å². The maximum Gasteiger partial charge on any atom is 0.290 e. The number of rotatable bonds is 4. The van der Waals surface area contributed by atoms with Crippen molar-refractivity contribution < 1.29 is 4.57 Å². The number of para-hydroxylation sites is 2. The molecule has 0 aromatic heterocycles. The Bertz CT molecular complexity index is 642. The lowest BCUT2D eigenvalue weighted by atomic mass is 10.2. The van der Waals surface area contributed by atoms with Crippen LogP contribution in [-0.4, -0.2) is 6.54 Å². The number of hydrogen-bond donors (Lipinski definition) is 1. The quantitative estimate of drug-likeness (QED) is 0.853. The van der Waals surface area contributed by atoms with E-state index in [9.17, 15) is 4.57 Å². The van der Waals surface area contributed by atoms with Crippen molar-refractivity contribution in [1.29, 1.82) is 0 Å². The van der Waals surface area contributed by atoms with Crippen LogP contribution in [0.5, 0.6) is 0 Å². The SMILES string of the molecule is CCCCN1c2ccccc2N[P@]1(=O)c1ccccc1. The number of nitrogens with one attached hydrogen (secondary N) is 1. The van der Waals surface area contributed by atoms with Crippen molar-refractivity contribution in [3.05, 3.63) is 54.6 Å². The van der Waals surface area contributed by atoms with E-state index in [0.717, 1.165) is 36.1 Å².